The number of piperidine rings is 1. The van der Waals surface area contributed by atoms with Crippen LogP contribution in [0.15, 0.2) is 48.5 Å². The second kappa shape index (κ2) is 11.1. The second-order valence-electron chi connectivity index (χ2n) is 6.63. The fourth-order valence-corrected chi connectivity index (χ4v) is 2.81. The molecule has 0 aromatic heterocycles. The molecule has 1 N–H and O–H groups in total. The van der Waals surface area contributed by atoms with Crippen LogP contribution in [0.4, 0.5) is 9.18 Å². The van der Waals surface area contributed by atoms with Crippen LogP contribution < -0.4 is 10.1 Å². The molecule has 2 amide bonds. The van der Waals surface area contributed by atoms with Crippen molar-refractivity contribution in [1.29, 1.82) is 0 Å². The van der Waals surface area contributed by atoms with Crippen molar-refractivity contribution < 1.29 is 38.6 Å². The lowest BCUT2D eigenvalue weighted by Gasteiger charge is -2.37. The smallest absolute Gasteiger partial charge is 0.318 e. The molecule has 1 fully saturated rings. The van der Waals surface area contributed by atoms with Crippen molar-refractivity contribution in [2.45, 2.75) is 45.6 Å². The van der Waals surface area contributed by atoms with E-state index in [9.17, 15) is 9.18 Å². The number of rotatable bonds is 8. The summed E-state index contributed by atoms with van der Waals surface area (Å²) in [5.74, 6) is -4.82. The maximum Gasteiger partial charge on any atom is 0.318 e. The van der Waals surface area contributed by atoms with Crippen molar-refractivity contribution >= 4 is 6.03 Å². The van der Waals surface area contributed by atoms with Crippen molar-refractivity contribution in [2.75, 3.05) is 26.5 Å². The van der Waals surface area contributed by atoms with Gasteiger partial charge in [-0.1, -0.05) is 38.0 Å². The van der Waals surface area contributed by atoms with Gasteiger partial charge in [-0.25, -0.2) is 9.18 Å². The Morgan fingerprint density at radius 3 is 2.58 bits per heavy atom. The molecular formula is C25H34FN3O2. The maximum atomic E-state index is 13.7. The molecule has 168 valence electrons. The highest BCUT2D eigenvalue weighted by Crippen LogP contribution is 2.19. The third kappa shape index (κ3) is 7.24. The highest BCUT2D eigenvalue weighted by molar-refractivity contribution is 5.74. The zero-order chi connectivity index (χ0) is 37.8. The van der Waals surface area contributed by atoms with E-state index in [1.165, 1.54) is 12.1 Å². The van der Waals surface area contributed by atoms with Crippen molar-refractivity contribution in [3.8, 4) is 5.75 Å². The van der Waals surface area contributed by atoms with Gasteiger partial charge in [0.2, 0.25) is 0 Å². The van der Waals surface area contributed by atoms with E-state index in [0.717, 1.165) is 41.3 Å². The Morgan fingerprint density at radius 2 is 1.94 bits per heavy atom. The number of hydrogen-bond acceptors (Lipinski definition) is 3. The number of nitrogens with zero attached hydrogens (tertiary/aromatic N) is 2. The van der Waals surface area contributed by atoms with Crippen molar-refractivity contribution in [3.05, 3.63) is 65.5 Å². The van der Waals surface area contributed by atoms with Crippen LogP contribution in [-0.2, 0) is 13.0 Å². The Morgan fingerprint density at radius 1 is 1.26 bits per heavy atom. The average molecular weight is 446 g/mol. The Bertz CT molecular complexity index is 1440. The Labute approximate surface area is 210 Å². The van der Waals surface area contributed by atoms with E-state index in [2.05, 4.69) is 5.32 Å². The summed E-state index contributed by atoms with van der Waals surface area (Å²) in [6.07, 6.45) is -1.39. The first-order chi connectivity index (χ1) is 21.9. The number of likely N-dealkylation sites (tertiary alicyclic amines) is 1. The van der Waals surface area contributed by atoms with Crippen molar-refractivity contribution in [3.63, 3.8) is 0 Å². The summed E-state index contributed by atoms with van der Waals surface area (Å²) in [5, 5.41) is 2.11. The zero-order valence-corrected chi connectivity index (χ0v) is 16.4. The SMILES string of the molecule is [2H]C([2H])(NC(=O)N(Cc1ccc(F)cc1)C1CC([2H])([2H])N(C([2H])([2H])[2H])C([2H])([2H])C1)c1ccc(OC([2H])([2H])C([2H])(C([2H])([2H])[2H])C([2H])([2H])[2H])cc1. The highest BCUT2D eigenvalue weighted by Gasteiger charge is 2.27. The number of benzene rings is 2. The fourth-order valence-electron chi connectivity index (χ4n) is 2.81. The summed E-state index contributed by atoms with van der Waals surface area (Å²) in [4.78, 5) is 14.7. The molecule has 0 unspecified atom stereocenters. The fraction of sp³-hybridized carbons (Fsp3) is 0.480. The number of ether oxygens (including phenoxy) is 1. The second-order valence-corrected chi connectivity index (χ2v) is 6.63. The average Bonchev–Trinajstić information content (AvgIpc) is 2.88. The van der Waals surface area contributed by atoms with Crippen LogP contribution >= 0.6 is 0 Å². The molecule has 1 saturated heterocycles. The van der Waals surface area contributed by atoms with Crippen molar-refractivity contribution in [1.82, 2.24) is 15.1 Å². The minimum Gasteiger partial charge on any atom is -0.493 e. The Balaban J connectivity index is 1.92. The maximum absolute atomic E-state index is 13.7. The summed E-state index contributed by atoms with van der Waals surface area (Å²) in [7, 11) is 0. The number of carbonyl (C=O) groups excluding carboxylic acids is 1. The molecule has 1 aliphatic heterocycles. The minimum absolute atomic E-state index is 0.101. The first-order valence-corrected chi connectivity index (χ1v) is 9.29. The van der Waals surface area contributed by atoms with E-state index in [4.69, 9.17) is 29.4 Å². The van der Waals surface area contributed by atoms with Gasteiger partial charge in [-0.05, 0) is 74.1 Å². The third-order valence-corrected chi connectivity index (χ3v) is 4.38. The highest BCUT2D eigenvalue weighted by atomic mass is 19.1. The zero-order valence-electron chi connectivity index (χ0n) is 34.4. The Kier molecular flexibility index (Phi) is 3.27. The largest absolute Gasteiger partial charge is 0.493 e. The van der Waals surface area contributed by atoms with Crippen LogP contribution in [0, 0.1) is 11.7 Å². The van der Waals surface area contributed by atoms with Gasteiger partial charge < -0.3 is 19.9 Å². The van der Waals surface area contributed by atoms with E-state index in [-0.39, 0.29) is 10.5 Å². The van der Waals surface area contributed by atoms with Crippen molar-refractivity contribution in [2.24, 2.45) is 5.89 Å². The van der Waals surface area contributed by atoms with Gasteiger partial charge in [-0.2, -0.15) is 0 Å². The van der Waals surface area contributed by atoms with Gasteiger partial charge in [0, 0.05) is 38.3 Å². The molecule has 0 spiro atoms. The number of nitrogens with one attached hydrogen (secondary N) is 1. The number of amides is 2. The molecule has 1 heterocycles. The van der Waals surface area contributed by atoms with E-state index in [1.54, 1.807) is 0 Å². The number of hydrogen-bond donors (Lipinski definition) is 1. The van der Waals surface area contributed by atoms with Crippen LogP contribution in [0.2, 0.25) is 0 Å². The predicted molar refractivity (Wildman–Crippen MR) is 121 cm³/mol. The van der Waals surface area contributed by atoms with Crippen LogP contribution in [-0.4, -0.2) is 48.4 Å². The summed E-state index contributed by atoms with van der Waals surface area (Å²) in [5.41, 5.74) is 0.00833. The minimum atomic E-state index is -3.73. The third-order valence-electron chi connectivity index (χ3n) is 4.38. The molecule has 0 atom stereocenters. The number of urea groups is 1. The Hall–Kier alpha value is -2.60. The van der Waals surface area contributed by atoms with E-state index >= 15 is 0 Å². The lowest BCUT2D eigenvalue weighted by atomic mass is 10.0. The molecule has 2 aromatic carbocycles. The molecule has 0 radical (unpaired) electrons. The summed E-state index contributed by atoms with van der Waals surface area (Å²) < 4.78 is 161. The first kappa shape index (κ1) is 9.10. The van der Waals surface area contributed by atoms with E-state index in [0.29, 0.717) is 5.56 Å². The van der Waals surface area contributed by atoms with Gasteiger partial charge in [0.25, 0.3) is 0 Å². The van der Waals surface area contributed by atoms with Gasteiger partial charge in [0.1, 0.15) is 11.6 Å². The number of carbonyl (C=O) groups is 1. The first-order valence-electron chi connectivity index (χ1n) is 18.3. The number of halogens is 1. The quantitative estimate of drug-likeness (QED) is 0.642. The molecule has 31 heavy (non-hydrogen) atoms. The molecule has 1 aliphatic rings. The summed E-state index contributed by atoms with van der Waals surface area (Å²) in [6.45, 7) is -22.8. The lowest BCUT2D eigenvalue weighted by Crippen LogP contribution is -2.49. The van der Waals surface area contributed by atoms with Gasteiger partial charge in [0.15, 0.2) is 0 Å². The molecular weight excluding hydrogens is 393 g/mol. The van der Waals surface area contributed by atoms with Gasteiger partial charge >= 0.3 is 6.03 Å². The molecule has 5 nitrogen and oxygen atoms in total. The molecule has 0 saturated carbocycles. The van der Waals surface area contributed by atoms with Crippen LogP contribution in [0.5, 0.6) is 5.75 Å². The topological polar surface area (TPSA) is 44.8 Å². The van der Waals surface area contributed by atoms with Gasteiger partial charge in [0.05, 0.1) is 12.0 Å². The lowest BCUT2D eigenvalue weighted by molar-refractivity contribution is 0.127. The van der Waals surface area contributed by atoms with Crippen LogP contribution in [0.1, 0.15) is 62.3 Å². The summed E-state index contributed by atoms with van der Waals surface area (Å²) >= 11 is 0. The molecule has 0 aliphatic carbocycles. The molecule has 0 bridgehead atoms. The molecule has 2 aromatic rings. The standard InChI is InChI=1S/C25H34FN3O2/c1-19(2)18-31-24-10-6-20(7-11-24)16-27-25(30)29(23-12-14-28(3)15-13-23)17-21-4-8-22(26)9-5-21/h4-11,19,23H,12-18H2,1-3H3,(H,27,30)/i1D3,2D3,3D3,14D2,15D2,16D2,18D2,19D. The van der Waals surface area contributed by atoms with E-state index < -0.39 is 95.6 Å². The molecule has 6 heteroatoms. The monoisotopic (exact) mass is 445 g/mol. The van der Waals surface area contributed by atoms with Crippen LogP contribution in [0.25, 0.3) is 0 Å². The normalized spacial score (nSPS) is 29.5. The van der Waals surface area contributed by atoms with Gasteiger partial charge in [-0.15, -0.1) is 0 Å². The predicted octanol–water partition coefficient (Wildman–Crippen LogP) is 4.67. The van der Waals surface area contributed by atoms with Gasteiger partial charge in [-0.3, -0.25) is 0 Å². The van der Waals surface area contributed by atoms with E-state index in [1.807, 2.05) is 0 Å². The molecule has 3 rings (SSSR count). The summed E-state index contributed by atoms with van der Waals surface area (Å²) in [6, 6.07) is 6.13. The van der Waals surface area contributed by atoms with Crippen LogP contribution in [0.3, 0.4) is 0 Å².